The molecule has 0 bridgehead atoms. The Morgan fingerprint density at radius 3 is 2.95 bits per heavy atom. The van der Waals surface area contributed by atoms with Crippen LogP contribution in [-0.2, 0) is 19.4 Å². The lowest BCUT2D eigenvalue weighted by Gasteiger charge is -2.05. The number of nitrogens with zero attached hydrogens (tertiary/aromatic N) is 4. The van der Waals surface area contributed by atoms with Crippen LogP contribution < -0.4 is 0 Å². The summed E-state index contributed by atoms with van der Waals surface area (Å²) in [4.78, 5) is 17.3. The number of Topliss-reactive ketones (excluding diaryl/α,β-unsaturated/α-hetero) is 1. The maximum absolute atomic E-state index is 12.3. The zero-order chi connectivity index (χ0) is 13.7. The zero-order valence-corrected chi connectivity index (χ0v) is 12.1. The summed E-state index contributed by atoms with van der Waals surface area (Å²) >= 11 is 1.19. The summed E-state index contributed by atoms with van der Waals surface area (Å²) in [5, 5.41) is 4.04. The molecular formula is C13H18N4OS. The maximum atomic E-state index is 12.3. The second-order valence-electron chi connectivity index (χ2n) is 4.44. The van der Waals surface area contributed by atoms with Gasteiger partial charge in [-0.05, 0) is 24.4 Å². The first-order valence-corrected chi connectivity index (χ1v) is 7.38. The fraction of sp³-hybridized carbons (Fsp3) is 0.538. The normalized spacial score (nSPS) is 10.8. The van der Waals surface area contributed by atoms with E-state index in [4.69, 9.17) is 0 Å². The summed E-state index contributed by atoms with van der Waals surface area (Å²) in [6.07, 6.45) is 6.80. The molecule has 19 heavy (non-hydrogen) atoms. The quantitative estimate of drug-likeness (QED) is 0.730. The van der Waals surface area contributed by atoms with E-state index in [0.29, 0.717) is 11.3 Å². The van der Waals surface area contributed by atoms with Crippen molar-refractivity contribution in [3.8, 4) is 0 Å². The molecule has 0 radical (unpaired) electrons. The average Bonchev–Trinajstić information content (AvgIpc) is 3.00. The molecule has 0 fully saturated rings. The van der Waals surface area contributed by atoms with Crippen molar-refractivity contribution in [1.29, 1.82) is 0 Å². The largest absolute Gasteiger partial charge is 0.335 e. The van der Waals surface area contributed by atoms with Crippen molar-refractivity contribution in [2.24, 2.45) is 0 Å². The summed E-state index contributed by atoms with van der Waals surface area (Å²) in [6.45, 7) is 5.07. The molecule has 0 amide bonds. The smallest absolute Gasteiger partial charge is 0.183 e. The molecule has 0 aliphatic rings. The third kappa shape index (κ3) is 3.26. The molecule has 0 atom stereocenters. The first kappa shape index (κ1) is 13.9. The summed E-state index contributed by atoms with van der Waals surface area (Å²) in [7, 11) is 0. The number of aryl methyl sites for hydroxylation is 2. The third-order valence-corrected chi connectivity index (χ3v) is 3.69. The topological polar surface area (TPSA) is 60.7 Å². The van der Waals surface area contributed by atoms with E-state index in [0.717, 1.165) is 37.3 Å². The van der Waals surface area contributed by atoms with Crippen molar-refractivity contribution in [3.63, 3.8) is 0 Å². The molecule has 102 valence electrons. The number of hydrogen-bond donors (Lipinski definition) is 0. The van der Waals surface area contributed by atoms with Crippen LogP contribution in [0.15, 0.2) is 12.4 Å². The molecule has 2 aromatic rings. The van der Waals surface area contributed by atoms with Gasteiger partial charge in [0.05, 0.1) is 12.1 Å². The van der Waals surface area contributed by atoms with Gasteiger partial charge in [0.2, 0.25) is 0 Å². The van der Waals surface area contributed by atoms with Crippen molar-refractivity contribution >= 4 is 17.3 Å². The van der Waals surface area contributed by atoms with E-state index < -0.39 is 0 Å². The van der Waals surface area contributed by atoms with Gasteiger partial charge in [-0.2, -0.15) is 0 Å². The van der Waals surface area contributed by atoms with E-state index in [9.17, 15) is 4.79 Å². The van der Waals surface area contributed by atoms with Crippen LogP contribution in [0.5, 0.6) is 0 Å². The van der Waals surface area contributed by atoms with Gasteiger partial charge < -0.3 is 4.57 Å². The molecule has 2 aromatic heterocycles. The van der Waals surface area contributed by atoms with Gasteiger partial charge in [-0.25, -0.2) is 4.98 Å². The molecule has 2 rings (SSSR count). The van der Waals surface area contributed by atoms with E-state index in [1.807, 2.05) is 10.8 Å². The molecule has 0 aromatic carbocycles. The van der Waals surface area contributed by atoms with Crippen LogP contribution in [0, 0.1) is 0 Å². The summed E-state index contributed by atoms with van der Waals surface area (Å²) in [5.74, 6) is 0.893. The molecule has 0 unspecified atom stereocenters. The monoisotopic (exact) mass is 278 g/mol. The molecule has 0 spiro atoms. The number of rotatable bonds is 7. The number of imidazole rings is 1. The highest BCUT2D eigenvalue weighted by atomic mass is 32.1. The minimum atomic E-state index is 0.0713. The fourth-order valence-electron chi connectivity index (χ4n) is 2.00. The summed E-state index contributed by atoms with van der Waals surface area (Å²) < 4.78 is 5.93. The van der Waals surface area contributed by atoms with Crippen molar-refractivity contribution in [1.82, 2.24) is 19.1 Å². The van der Waals surface area contributed by atoms with Crippen LogP contribution in [0.1, 0.15) is 47.9 Å². The highest BCUT2D eigenvalue weighted by Gasteiger charge is 2.18. The van der Waals surface area contributed by atoms with Gasteiger partial charge in [-0.1, -0.05) is 24.8 Å². The predicted molar refractivity (Wildman–Crippen MR) is 74.5 cm³/mol. The Kier molecular flexibility index (Phi) is 4.79. The predicted octanol–water partition coefficient (Wildman–Crippen LogP) is 2.52. The van der Waals surface area contributed by atoms with E-state index in [1.165, 1.54) is 11.5 Å². The van der Waals surface area contributed by atoms with Crippen LogP contribution in [0.25, 0.3) is 0 Å². The van der Waals surface area contributed by atoms with Crippen LogP contribution in [0.3, 0.4) is 0 Å². The van der Waals surface area contributed by atoms with Crippen LogP contribution in [0.4, 0.5) is 0 Å². The number of aromatic nitrogens is 4. The first-order chi connectivity index (χ1) is 9.26. The molecule has 0 aliphatic heterocycles. The number of hydrogen-bond acceptors (Lipinski definition) is 5. The Bertz CT molecular complexity index is 546. The van der Waals surface area contributed by atoms with E-state index in [-0.39, 0.29) is 5.78 Å². The Labute approximate surface area is 116 Å². The van der Waals surface area contributed by atoms with Crippen molar-refractivity contribution in [2.75, 3.05) is 0 Å². The van der Waals surface area contributed by atoms with Crippen molar-refractivity contribution < 1.29 is 4.79 Å². The standard InChI is InChI=1S/C13H18N4OS/c1-3-5-10-13(19-16-15-10)11(18)9-12-14-6-8-17(12)7-4-2/h6,8H,3-5,7,9H2,1-2H3. The Morgan fingerprint density at radius 2 is 2.21 bits per heavy atom. The number of carbonyl (C=O) groups is 1. The molecular weight excluding hydrogens is 260 g/mol. The van der Waals surface area contributed by atoms with Crippen LogP contribution >= 0.6 is 11.5 Å². The fourth-order valence-corrected chi connectivity index (χ4v) is 2.64. The Hall–Kier alpha value is -1.56. The van der Waals surface area contributed by atoms with Gasteiger partial charge in [0, 0.05) is 18.9 Å². The highest BCUT2D eigenvalue weighted by molar-refractivity contribution is 7.08. The van der Waals surface area contributed by atoms with E-state index >= 15 is 0 Å². The van der Waals surface area contributed by atoms with Gasteiger partial charge in [-0.15, -0.1) is 5.10 Å². The van der Waals surface area contributed by atoms with Gasteiger partial charge in [0.25, 0.3) is 0 Å². The lowest BCUT2D eigenvalue weighted by Crippen LogP contribution is -2.10. The van der Waals surface area contributed by atoms with Crippen LogP contribution in [0.2, 0.25) is 0 Å². The second kappa shape index (κ2) is 6.56. The minimum Gasteiger partial charge on any atom is -0.335 e. The van der Waals surface area contributed by atoms with Gasteiger partial charge in [-0.3, -0.25) is 4.79 Å². The van der Waals surface area contributed by atoms with Gasteiger partial charge >= 0.3 is 0 Å². The third-order valence-electron chi connectivity index (χ3n) is 2.88. The highest BCUT2D eigenvalue weighted by Crippen LogP contribution is 2.15. The zero-order valence-electron chi connectivity index (χ0n) is 11.3. The van der Waals surface area contributed by atoms with E-state index in [2.05, 4.69) is 28.4 Å². The summed E-state index contributed by atoms with van der Waals surface area (Å²) in [6, 6.07) is 0. The lowest BCUT2D eigenvalue weighted by atomic mass is 10.1. The van der Waals surface area contributed by atoms with Crippen molar-refractivity contribution in [3.05, 3.63) is 28.8 Å². The Balaban J connectivity index is 2.12. The lowest BCUT2D eigenvalue weighted by molar-refractivity contribution is 0.0992. The number of ketones is 1. The Morgan fingerprint density at radius 1 is 1.37 bits per heavy atom. The average molecular weight is 278 g/mol. The SMILES string of the molecule is CCCc1nnsc1C(=O)Cc1nccn1CCC. The minimum absolute atomic E-state index is 0.0713. The van der Waals surface area contributed by atoms with Crippen LogP contribution in [-0.4, -0.2) is 24.9 Å². The second-order valence-corrected chi connectivity index (χ2v) is 5.19. The summed E-state index contributed by atoms with van der Waals surface area (Å²) in [5.41, 5.74) is 0.825. The molecule has 0 saturated carbocycles. The molecule has 5 nitrogen and oxygen atoms in total. The molecule has 0 N–H and O–H groups in total. The first-order valence-electron chi connectivity index (χ1n) is 6.60. The van der Waals surface area contributed by atoms with E-state index in [1.54, 1.807) is 6.20 Å². The van der Waals surface area contributed by atoms with Gasteiger partial charge in [0.15, 0.2) is 5.78 Å². The van der Waals surface area contributed by atoms with Crippen molar-refractivity contribution in [2.45, 2.75) is 46.1 Å². The maximum Gasteiger partial charge on any atom is 0.183 e. The number of carbonyl (C=O) groups excluding carboxylic acids is 1. The molecule has 0 aliphatic carbocycles. The molecule has 0 saturated heterocycles. The molecule has 6 heteroatoms. The molecule has 2 heterocycles. The van der Waals surface area contributed by atoms with Gasteiger partial charge in [0.1, 0.15) is 10.7 Å².